The van der Waals surface area contributed by atoms with Gasteiger partial charge in [-0.1, -0.05) is 0 Å². The zero-order chi connectivity index (χ0) is 11.4. The van der Waals surface area contributed by atoms with E-state index in [0.717, 1.165) is 0 Å². The molecule has 0 fully saturated rings. The van der Waals surface area contributed by atoms with Gasteiger partial charge in [0, 0.05) is 6.92 Å². The van der Waals surface area contributed by atoms with Gasteiger partial charge in [0.05, 0.1) is 6.54 Å². The van der Waals surface area contributed by atoms with Gasteiger partial charge in [-0.2, -0.15) is 0 Å². The van der Waals surface area contributed by atoms with Gasteiger partial charge < -0.3 is 21.2 Å². The van der Waals surface area contributed by atoms with Crippen molar-refractivity contribution >= 4 is 35.6 Å². The van der Waals surface area contributed by atoms with Crippen LogP contribution in [0.4, 0.5) is 5.82 Å². The molecule has 0 radical (unpaired) electrons. The van der Waals surface area contributed by atoms with Crippen molar-refractivity contribution in [3.63, 3.8) is 0 Å². The maximum Gasteiger partial charge on any atom is 0.342 e. The Hall–Kier alpha value is -1.41. The van der Waals surface area contributed by atoms with Gasteiger partial charge in [-0.25, -0.2) is 9.55 Å². The van der Waals surface area contributed by atoms with Crippen molar-refractivity contribution in [3.8, 4) is 0 Å². The van der Waals surface area contributed by atoms with Gasteiger partial charge in [-0.05, 0) is 17.1 Å². The molecule has 0 saturated heterocycles. The summed E-state index contributed by atoms with van der Waals surface area (Å²) in [4.78, 5) is 14.0. The van der Waals surface area contributed by atoms with Crippen molar-refractivity contribution in [2.75, 3.05) is 6.54 Å². The predicted octanol–water partition coefficient (Wildman–Crippen LogP) is 0.355. The Morgan fingerprint density at radius 1 is 1.81 bits per heavy atom. The Labute approximate surface area is 104 Å². The SMILES string of the molecule is Cc1ncc([N+](=O)[O-])n1CCNC(N)=S.Cl. The number of nitro groups is 1. The average molecular weight is 266 g/mol. The fourth-order valence-electron chi connectivity index (χ4n) is 1.17. The fraction of sp³-hybridized carbons (Fsp3) is 0.429. The number of hydrogen-bond acceptors (Lipinski definition) is 4. The Bertz CT molecular complexity index is 394. The lowest BCUT2D eigenvalue weighted by atomic mass is 10.5. The molecule has 1 aromatic heterocycles. The summed E-state index contributed by atoms with van der Waals surface area (Å²) >= 11 is 4.62. The highest BCUT2D eigenvalue weighted by Gasteiger charge is 2.16. The molecule has 0 bridgehead atoms. The van der Waals surface area contributed by atoms with Crippen LogP contribution in [0.3, 0.4) is 0 Å². The monoisotopic (exact) mass is 265 g/mol. The first-order valence-electron chi connectivity index (χ1n) is 4.22. The van der Waals surface area contributed by atoms with Gasteiger partial charge in [0.1, 0.15) is 12.7 Å². The van der Waals surface area contributed by atoms with E-state index < -0.39 is 4.92 Å². The third-order valence-electron chi connectivity index (χ3n) is 1.86. The fourth-order valence-corrected chi connectivity index (χ4v) is 1.27. The molecule has 90 valence electrons. The number of imidazole rings is 1. The standard InChI is InChI=1S/C7H11N5O2S.ClH/c1-5-10-4-6(12(13)14)11(5)3-2-9-7(8)15;/h4H,2-3H2,1H3,(H3,8,9,15);1H. The first-order chi connectivity index (χ1) is 7.02. The quantitative estimate of drug-likeness (QED) is 0.463. The first kappa shape index (κ1) is 14.6. The van der Waals surface area contributed by atoms with Crippen molar-refractivity contribution in [1.82, 2.24) is 14.9 Å². The minimum absolute atomic E-state index is 0. The third kappa shape index (κ3) is 3.63. The smallest absolute Gasteiger partial charge is 0.342 e. The van der Waals surface area contributed by atoms with Crippen molar-refractivity contribution in [2.45, 2.75) is 13.5 Å². The molecule has 0 aliphatic rings. The molecule has 0 aliphatic carbocycles. The highest BCUT2D eigenvalue weighted by atomic mass is 35.5. The van der Waals surface area contributed by atoms with E-state index in [4.69, 9.17) is 5.73 Å². The molecule has 0 spiro atoms. The molecule has 0 aliphatic heterocycles. The molecule has 1 rings (SSSR count). The second-order valence-corrected chi connectivity index (χ2v) is 3.30. The Morgan fingerprint density at radius 3 is 2.94 bits per heavy atom. The largest absolute Gasteiger partial charge is 0.376 e. The van der Waals surface area contributed by atoms with Gasteiger partial charge >= 0.3 is 5.82 Å². The maximum atomic E-state index is 10.6. The van der Waals surface area contributed by atoms with Crippen LogP contribution in [-0.2, 0) is 6.54 Å². The second-order valence-electron chi connectivity index (χ2n) is 2.86. The number of rotatable bonds is 4. The maximum absolute atomic E-state index is 10.6. The number of aromatic nitrogens is 2. The molecule has 1 heterocycles. The van der Waals surface area contributed by atoms with E-state index in [9.17, 15) is 10.1 Å². The molecule has 16 heavy (non-hydrogen) atoms. The third-order valence-corrected chi connectivity index (χ3v) is 2.00. The van der Waals surface area contributed by atoms with E-state index in [1.54, 1.807) is 6.92 Å². The lowest BCUT2D eigenvalue weighted by Crippen LogP contribution is -2.32. The predicted molar refractivity (Wildman–Crippen MR) is 65.7 cm³/mol. The van der Waals surface area contributed by atoms with Crippen LogP contribution in [0, 0.1) is 17.0 Å². The topological polar surface area (TPSA) is 99.0 Å². The van der Waals surface area contributed by atoms with Gasteiger partial charge in [-0.3, -0.25) is 0 Å². The zero-order valence-electron chi connectivity index (χ0n) is 8.54. The summed E-state index contributed by atoms with van der Waals surface area (Å²) < 4.78 is 1.49. The number of aryl methyl sites for hydroxylation is 1. The molecule has 3 N–H and O–H groups in total. The van der Waals surface area contributed by atoms with E-state index in [-0.39, 0.29) is 23.3 Å². The minimum atomic E-state index is -0.471. The zero-order valence-corrected chi connectivity index (χ0v) is 10.2. The number of hydrogen-bond donors (Lipinski definition) is 2. The summed E-state index contributed by atoms with van der Waals surface area (Å²) in [6, 6.07) is 0. The van der Waals surface area contributed by atoms with Crippen LogP contribution in [0.2, 0.25) is 0 Å². The van der Waals surface area contributed by atoms with Gasteiger partial charge in [0.2, 0.25) is 0 Å². The highest BCUT2D eigenvalue weighted by Crippen LogP contribution is 2.12. The van der Waals surface area contributed by atoms with E-state index in [0.29, 0.717) is 18.9 Å². The lowest BCUT2D eigenvalue weighted by molar-refractivity contribution is -0.392. The van der Waals surface area contributed by atoms with Crippen molar-refractivity contribution in [2.24, 2.45) is 5.73 Å². The normalized spacial score (nSPS) is 9.31. The summed E-state index contributed by atoms with van der Waals surface area (Å²) in [5, 5.41) is 13.5. The molecule has 0 aromatic carbocycles. The van der Waals surface area contributed by atoms with Crippen LogP contribution in [0.5, 0.6) is 0 Å². The van der Waals surface area contributed by atoms with Crippen LogP contribution in [0.25, 0.3) is 0 Å². The van der Waals surface area contributed by atoms with Crippen LogP contribution < -0.4 is 11.1 Å². The first-order valence-corrected chi connectivity index (χ1v) is 4.63. The Morgan fingerprint density at radius 2 is 2.44 bits per heavy atom. The van der Waals surface area contributed by atoms with Crippen LogP contribution in [0.15, 0.2) is 6.20 Å². The minimum Gasteiger partial charge on any atom is -0.376 e. The summed E-state index contributed by atoms with van der Waals surface area (Å²) in [5.41, 5.74) is 5.23. The molecular weight excluding hydrogens is 254 g/mol. The molecule has 1 aromatic rings. The molecule has 0 atom stereocenters. The number of nitrogens with zero attached hydrogens (tertiary/aromatic N) is 3. The van der Waals surface area contributed by atoms with Crippen molar-refractivity contribution in [3.05, 3.63) is 22.1 Å². The summed E-state index contributed by atoms with van der Waals surface area (Å²) in [6.07, 6.45) is 1.23. The molecule has 0 amide bonds. The van der Waals surface area contributed by atoms with Crippen molar-refractivity contribution in [1.29, 1.82) is 0 Å². The van der Waals surface area contributed by atoms with Gasteiger partial charge in [0.25, 0.3) is 0 Å². The summed E-state index contributed by atoms with van der Waals surface area (Å²) in [7, 11) is 0. The van der Waals surface area contributed by atoms with E-state index in [2.05, 4.69) is 22.5 Å². The average Bonchev–Trinajstić information content (AvgIpc) is 2.47. The highest BCUT2D eigenvalue weighted by molar-refractivity contribution is 7.80. The molecule has 0 saturated carbocycles. The number of halogens is 1. The number of nitrogens with one attached hydrogen (secondary N) is 1. The molecule has 9 heteroatoms. The van der Waals surface area contributed by atoms with Crippen LogP contribution in [0.1, 0.15) is 5.82 Å². The van der Waals surface area contributed by atoms with Crippen molar-refractivity contribution < 1.29 is 4.92 Å². The second kappa shape index (κ2) is 6.23. The van der Waals surface area contributed by atoms with E-state index in [1.165, 1.54) is 10.8 Å². The molecule has 7 nitrogen and oxygen atoms in total. The van der Waals surface area contributed by atoms with Crippen LogP contribution >= 0.6 is 24.6 Å². The van der Waals surface area contributed by atoms with Gasteiger partial charge in [-0.15, -0.1) is 12.4 Å². The number of nitrogens with two attached hydrogens (primary N) is 1. The molecular formula is C7H12ClN5O2S. The molecule has 0 unspecified atom stereocenters. The number of thiocarbonyl (C=S) groups is 1. The summed E-state index contributed by atoms with van der Waals surface area (Å²) in [6.45, 7) is 2.54. The summed E-state index contributed by atoms with van der Waals surface area (Å²) in [5.74, 6) is 0.559. The van der Waals surface area contributed by atoms with E-state index >= 15 is 0 Å². The van der Waals surface area contributed by atoms with Crippen LogP contribution in [-0.4, -0.2) is 26.1 Å². The Balaban J connectivity index is 0.00000225. The van der Waals surface area contributed by atoms with Gasteiger partial charge in [0.15, 0.2) is 10.9 Å². The lowest BCUT2D eigenvalue weighted by Gasteiger charge is -2.04. The van der Waals surface area contributed by atoms with E-state index in [1.807, 2.05) is 0 Å². The Kier molecular flexibility index (Phi) is 5.68.